The first-order valence-corrected chi connectivity index (χ1v) is 5.91. The van der Waals surface area contributed by atoms with E-state index >= 15 is 0 Å². The average molecular weight is 241 g/mol. The highest BCUT2D eigenvalue weighted by atomic mass is 16.5. The molecule has 0 fully saturated rings. The van der Waals surface area contributed by atoms with Gasteiger partial charge in [-0.3, -0.25) is 9.59 Å². The molecule has 0 N–H and O–H groups in total. The first kappa shape index (κ1) is 15.7. The number of carbonyl (C=O) groups excluding carboxylic acids is 2. The Morgan fingerprint density at radius 2 is 1.88 bits per heavy atom. The molecule has 4 nitrogen and oxygen atoms in total. The lowest BCUT2D eigenvalue weighted by Gasteiger charge is -2.22. The van der Waals surface area contributed by atoms with Crippen molar-refractivity contribution < 1.29 is 14.3 Å². The van der Waals surface area contributed by atoms with Crippen LogP contribution >= 0.6 is 0 Å². The van der Waals surface area contributed by atoms with Gasteiger partial charge in [-0.05, 0) is 33.3 Å². The number of nitrogens with zero attached hydrogens (tertiary/aromatic N) is 1. The summed E-state index contributed by atoms with van der Waals surface area (Å²) in [4.78, 5) is 24.6. The van der Waals surface area contributed by atoms with Gasteiger partial charge in [0, 0.05) is 6.54 Å². The second-order valence-corrected chi connectivity index (χ2v) is 4.92. The van der Waals surface area contributed by atoms with Gasteiger partial charge in [0.15, 0.2) is 0 Å². The number of hydrogen-bond donors (Lipinski definition) is 0. The van der Waals surface area contributed by atoms with Crippen molar-refractivity contribution in [2.75, 3.05) is 19.7 Å². The van der Waals surface area contributed by atoms with Crippen LogP contribution in [0, 0.1) is 5.41 Å². The molecule has 1 amide bonds. The van der Waals surface area contributed by atoms with Gasteiger partial charge < -0.3 is 9.64 Å². The topological polar surface area (TPSA) is 46.6 Å². The lowest BCUT2D eigenvalue weighted by molar-refractivity contribution is -0.154. The molecule has 0 unspecified atom stereocenters. The molecule has 0 spiro atoms. The van der Waals surface area contributed by atoms with Gasteiger partial charge >= 0.3 is 5.97 Å². The van der Waals surface area contributed by atoms with Gasteiger partial charge in [0.25, 0.3) is 0 Å². The Bertz CT molecular complexity index is 279. The molecule has 0 bridgehead atoms. The SMILES string of the molecule is C=CC(=O)N(CCC)CCOC(=O)C(C)(C)C. The number of carbonyl (C=O) groups is 2. The third-order valence-electron chi connectivity index (χ3n) is 2.19. The summed E-state index contributed by atoms with van der Waals surface area (Å²) in [6, 6.07) is 0. The van der Waals surface area contributed by atoms with Crippen LogP contribution in [0.3, 0.4) is 0 Å². The minimum Gasteiger partial charge on any atom is -0.463 e. The van der Waals surface area contributed by atoms with Crippen LogP contribution < -0.4 is 0 Å². The third-order valence-corrected chi connectivity index (χ3v) is 2.19. The van der Waals surface area contributed by atoms with E-state index in [9.17, 15) is 9.59 Å². The van der Waals surface area contributed by atoms with E-state index in [-0.39, 0.29) is 18.5 Å². The van der Waals surface area contributed by atoms with Crippen LogP contribution in [0.25, 0.3) is 0 Å². The number of ether oxygens (including phenoxy) is 1. The molecular formula is C13H23NO3. The molecule has 0 aliphatic carbocycles. The molecule has 0 radical (unpaired) electrons. The Balaban J connectivity index is 4.11. The number of hydrogen-bond acceptors (Lipinski definition) is 3. The standard InChI is InChI=1S/C13H23NO3/c1-6-8-14(11(15)7-2)9-10-17-12(16)13(3,4)5/h7H,2,6,8-10H2,1,3-5H3. The third kappa shape index (κ3) is 6.09. The minimum atomic E-state index is -0.502. The molecule has 0 aromatic rings. The van der Waals surface area contributed by atoms with E-state index < -0.39 is 5.41 Å². The zero-order chi connectivity index (χ0) is 13.5. The molecule has 4 heteroatoms. The molecular weight excluding hydrogens is 218 g/mol. The van der Waals surface area contributed by atoms with Crippen molar-refractivity contribution in [2.24, 2.45) is 5.41 Å². The molecule has 0 aliphatic rings. The summed E-state index contributed by atoms with van der Waals surface area (Å²) in [6.45, 7) is 12.1. The summed E-state index contributed by atoms with van der Waals surface area (Å²) < 4.78 is 5.11. The van der Waals surface area contributed by atoms with E-state index in [4.69, 9.17) is 4.74 Å². The first-order valence-electron chi connectivity index (χ1n) is 5.91. The summed E-state index contributed by atoms with van der Waals surface area (Å²) in [5.41, 5.74) is -0.502. The Labute approximate surface area is 104 Å². The van der Waals surface area contributed by atoms with Gasteiger partial charge in [0.05, 0.1) is 12.0 Å². The van der Waals surface area contributed by atoms with Crippen LogP contribution in [-0.4, -0.2) is 36.5 Å². The van der Waals surface area contributed by atoms with Crippen molar-refractivity contribution in [3.8, 4) is 0 Å². The average Bonchev–Trinajstić information content (AvgIpc) is 2.25. The fourth-order valence-corrected chi connectivity index (χ4v) is 1.20. The van der Waals surface area contributed by atoms with Gasteiger partial charge in [0.1, 0.15) is 6.61 Å². The molecule has 0 heterocycles. The van der Waals surface area contributed by atoms with Crippen molar-refractivity contribution in [3.63, 3.8) is 0 Å². The number of esters is 1. The summed E-state index contributed by atoms with van der Waals surface area (Å²) in [7, 11) is 0. The van der Waals surface area contributed by atoms with Crippen LogP contribution in [0.2, 0.25) is 0 Å². The van der Waals surface area contributed by atoms with Crippen LogP contribution in [0.4, 0.5) is 0 Å². The van der Waals surface area contributed by atoms with Crippen LogP contribution in [0.5, 0.6) is 0 Å². The quantitative estimate of drug-likeness (QED) is 0.528. The summed E-state index contributed by atoms with van der Waals surface area (Å²) in [6.07, 6.45) is 2.15. The van der Waals surface area contributed by atoms with Gasteiger partial charge in [-0.25, -0.2) is 0 Å². The van der Waals surface area contributed by atoms with Crippen LogP contribution in [-0.2, 0) is 14.3 Å². The van der Waals surface area contributed by atoms with Crippen LogP contribution in [0.1, 0.15) is 34.1 Å². The normalized spacial score (nSPS) is 10.8. The zero-order valence-corrected chi connectivity index (χ0v) is 11.3. The van der Waals surface area contributed by atoms with Crippen molar-refractivity contribution in [2.45, 2.75) is 34.1 Å². The van der Waals surface area contributed by atoms with E-state index in [1.807, 2.05) is 6.92 Å². The van der Waals surface area contributed by atoms with Gasteiger partial charge in [0.2, 0.25) is 5.91 Å². The van der Waals surface area contributed by atoms with Gasteiger partial charge in [-0.15, -0.1) is 0 Å². The predicted octanol–water partition coefficient (Wildman–Crippen LogP) is 2.00. The van der Waals surface area contributed by atoms with Crippen molar-refractivity contribution in [1.29, 1.82) is 0 Å². The van der Waals surface area contributed by atoms with E-state index in [0.29, 0.717) is 13.1 Å². The zero-order valence-electron chi connectivity index (χ0n) is 11.3. The van der Waals surface area contributed by atoms with Gasteiger partial charge in [-0.1, -0.05) is 13.5 Å². The highest BCUT2D eigenvalue weighted by Gasteiger charge is 2.23. The smallest absolute Gasteiger partial charge is 0.311 e. The lowest BCUT2D eigenvalue weighted by Crippen LogP contribution is -2.35. The molecule has 0 saturated heterocycles. The Morgan fingerprint density at radius 3 is 2.29 bits per heavy atom. The number of amides is 1. The maximum Gasteiger partial charge on any atom is 0.311 e. The largest absolute Gasteiger partial charge is 0.463 e. The second-order valence-electron chi connectivity index (χ2n) is 4.92. The lowest BCUT2D eigenvalue weighted by atomic mass is 9.97. The fourth-order valence-electron chi connectivity index (χ4n) is 1.20. The maximum atomic E-state index is 11.5. The molecule has 0 rings (SSSR count). The molecule has 98 valence electrons. The molecule has 0 aromatic heterocycles. The minimum absolute atomic E-state index is 0.126. The van der Waals surface area contributed by atoms with Crippen LogP contribution in [0.15, 0.2) is 12.7 Å². The summed E-state index contributed by atoms with van der Waals surface area (Å²) in [5.74, 6) is -0.376. The summed E-state index contributed by atoms with van der Waals surface area (Å²) in [5, 5.41) is 0. The highest BCUT2D eigenvalue weighted by Crippen LogP contribution is 2.14. The Hall–Kier alpha value is -1.32. The van der Waals surface area contributed by atoms with E-state index in [0.717, 1.165) is 6.42 Å². The monoisotopic (exact) mass is 241 g/mol. The van der Waals surface area contributed by atoms with E-state index in [2.05, 4.69) is 6.58 Å². The van der Waals surface area contributed by atoms with Crippen molar-refractivity contribution in [3.05, 3.63) is 12.7 Å². The number of rotatable bonds is 6. The van der Waals surface area contributed by atoms with Gasteiger partial charge in [-0.2, -0.15) is 0 Å². The molecule has 0 aliphatic heterocycles. The molecule has 0 atom stereocenters. The Kier molecular flexibility index (Phi) is 6.54. The maximum absolute atomic E-state index is 11.5. The second kappa shape index (κ2) is 7.09. The Morgan fingerprint density at radius 1 is 1.29 bits per heavy atom. The molecule has 0 saturated carbocycles. The van der Waals surface area contributed by atoms with E-state index in [1.54, 1.807) is 25.7 Å². The fraction of sp³-hybridized carbons (Fsp3) is 0.692. The van der Waals surface area contributed by atoms with Crippen molar-refractivity contribution >= 4 is 11.9 Å². The van der Waals surface area contributed by atoms with E-state index in [1.165, 1.54) is 6.08 Å². The van der Waals surface area contributed by atoms with Crippen molar-refractivity contribution in [1.82, 2.24) is 4.90 Å². The predicted molar refractivity (Wildman–Crippen MR) is 67.5 cm³/mol. The summed E-state index contributed by atoms with van der Waals surface area (Å²) >= 11 is 0. The highest BCUT2D eigenvalue weighted by molar-refractivity contribution is 5.87. The first-order chi connectivity index (χ1) is 7.82. The molecule has 0 aromatic carbocycles. The molecule has 17 heavy (non-hydrogen) atoms.